The summed E-state index contributed by atoms with van der Waals surface area (Å²) < 4.78 is 19.9. The van der Waals surface area contributed by atoms with E-state index in [0.29, 0.717) is 22.8 Å². The van der Waals surface area contributed by atoms with Crippen LogP contribution in [0.3, 0.4) is 0 Å². The highest BCUT2D eigenvalue weighted by Crippen LogP contribution is 2.41. The van der Waals surface area contributed by atoms with Gasteiger partial charge in [-0.3, -0.25) is 0 Å². The Labute approximate surface area is 126 Å². The molecule has 0 radical (unpaired) electrons. The average Bonchev–Trinajstić information content (AvgIpc) is 2.42. The summed E-state index contributed by atoms with van der Waals surface area (Å²) in [6.07, 6.45) is 0.0299. The van der Waals surface area contributed by atoms with Gasteiger partial charge in [-0.25, -0.2) is 4.39 Å². The average molecular weight is 312 g/mol. The van der Waals surface area contributed by atoms with Crippen molar-refractivity contribution < 1.29 is 9.13 Å². The Morgan fingerprint density at radius 2 is 1.95 bits per heavy atom. The van der Waals surface area contributed by atoms with Crippen molar-refractivity contribution in [2.75, 3.05) is 0 Å². The minimum Gasteiger partial charge on any atom is -0.485 e. The van der Waals surface area contributed by atoms with Crippen LogP contribution in [0.5, 0.6) is 5.75 Å². The van der Waals surface area contributed by atoms with Crippen molar-refractivity contribution in [1.82, 2.24) is 0 Å². The molecule has 2 aromatic carbocycles. The van der Waals surface area contributed by atoms with Crippen LogP contribution < -0.4 is 10.5 Å². The molecule has 2 nitrogen and oxygen atoms in total. The summed E-state index contributed by atoms with van der Waals surface area (Å²) in [5.74, 6) is 0.182. The summed E-state index contributed by atoms with van der Waals surface area (Å²) in [5.41, 5.74) is 7.41. The third kappa shape index (κ3) is 2.37. The summed E-state index contributed by atoms with van der Waals surface area (Å²) in [4.78, 5) is 0. The number of rotatable bonds is 1. The van der Waals surface area contributed by atoms with Crippen LogP contribution in [0, 0.1) is 5.82 Å². The van der Waals surface area contributed by atoms with Gasteiger partial charge in [-0.05, 0) is 24.3 Å². The number of halogens is 3. The van der Waals surface area contributed by atoms with Gasteiger partial charge in [-0.2, -0.15) is 0 Å². The van der Waals surface area contributed by atoms with Crippen LogP contribution >= 0.6 is 23.2 Å². The van der Waals surface area contributed by atoms with E-state index < -0.39 is 11.9 Å². The molecule has 2 aromatic rings. The molecule has 1 aliphatic heterocycles. The van der Waals surface area contributed by atoms with Crippen molar-refractivity contribution in [2.45, 2.75) is 18.6 Å². The van der Waals surface area contributed by atoms with Crippen molar-refractivity contribution in [3.05, 3.63) is 63.4 Å². The summed E-state index contributed by atoms with van der Waals surface area (Å²) in [6.45, 7) is 0. The third-order valence-electron chi connectivity index (χ3n) is 3.44. The summed E-state index contributed by atoms with van der Waals surface area (Å²) >= 11 is 11.8. The Bertz CT molecular complexity index is 662. The molecular weight excluding hydrogens is 300 g/mol. The largest absolute Gasteiger partial charge is 0.485 e. The number of ether oxygens (including phenoxy) is 1. The van der Waals surface area contributed by atoms with Crippen LogP contribution in [0.4, 0.5) is 4.39 Å². The van der Waals surface area contributed by atoms with E-state index >= 15 is 0 Å². The predicted octanol–water partition coefficient (Wildman–Crippen LogP) is 4.66. The molecule has 0 aliphatic carbocycles. The fourth-order valence-electron chi connectivity index (χ4n) is 2.43. The van der Waals surface area contributed by atoms with Gasteiger partial charge in [0.1, 0.15) is 17.7 Å². The lowest BCUT2D eigenvalue weighted by Crippen LogP contribution is -2.24. The van der Waals surface area contributed by atoms with Crippen molar-refractivity contribution in [2.24, 2.45) is 5.73 Å². The summed E-state index contributed by atoms with van der Waals surface area (Å²) in [7, 11) is 0. The van der Waals surface area contributed by atoms with Crippen LogP contribution in [0.25, 0.3) is 0 Å². The monoisotopic (exact) mass is 311 g/mol. The lowest BCUT2D eigenvalue weighted by molar-refractivity contribution is 0.157. The molecule has 2 N–H and O–H groups in total. The standard InChI is InChI=1S/C15H12Cl2FNO/c16-8-4-5-13-10(6-8)12(19)7-14(20-13)9-2-1-3-11(17)15(9)18/h1-6,12,14H,7,19H2/t12-,14?/m1/s1. The lowest BCUT2D eigenvalue weighted by atomic mass is 9.93. The van der Waals surface area contributed by atoms with Gasteiger partial charge in [0.05, 0.1) is 5.02 Å². The smallest absolute Gasteiger partial charge is 0.148 e. The molecule has 0 saturated heterocycles. The zero-order valence-electron chi connectivity index (χ0n) is 10.4. The highest BCUT2D eigenvalue weighted by Gasteiger charge is 2.29. The molecular formula is C15H12Cl2FNO. The van der Waals surface area contributed by atoms with E-state index in [1.165, 1.54) is 6.07 Å². The van der Waals surface area contributed by atoms with Crippen LogP contribution in [-0.2, 0) is 0 Å². The first-order valence-electron chi connectivity index (χ1n) is 6.22. The SMILES string of the molecule is N[C@@H]1CC(c2cccc(Cl)c2F)Oc2ccc(Cl)cc21. The van der Waals surface area contributed by atoms with Crippen molar-refractivity contribution in [1.29, 1.82) is 0 Å². The molecule has 1 aliphatic rings. The number of hydrogen-bond acceptors (Lipinski definition) is 2. The second-order valence-electron chi connectivity index (χ2n) is 4.77. The van der Waals surface area contributed by atoms with Crippen LogP contribution in [0.1, 0.15) is 29.7 Å². The van der Waals surface area contributed by atoms with E-state index in [1.54, 1.807) is 30.3 Å². The van der Waals surface area contributed by atoms with E-state index in [0.717, 1.165) is 5.56 Å². The Morgan fingerprint density at radius 1 is 1.15 bits per heavy atom. The number of hydrogen-bond donors (Lipinski definition) is 1. The van der Waals surface area contributed by atoms with Crippen molar-refractivity contribution >= 4 is 23.2 Å². The molecule has 0 amide bonds. The van der Waals surface area contributed by atoms with Crippen molar-refractivity contribution in [3.63, 3.8) is 0 Å². The van der Waals surface area contributed by atoms with Crippen LogP contribution in [-0.4, -0.2) is 0 Å². The molecule has 3 rings (SSSR count). The summed E-state index contributed by atoms with van der Waals surface area (Å²) in [5, 5.41) is 0.691. The van der Waals surface area contributed by atoms with Gasteiger partial charge >= 0.3 is 0 Å². The van der Waals surface area contributed by atoms with E-state index in [-0.39, 0.29) is 11.1 Å². The van der Waals surface area contributed by atoms with Gasteiger partial charge in [0.25, 0.3) is 0 Å². The minimum atomic E-state index is -0.455. The molecule has 0 fully saturated rings. The van der Waals surface area contributed by atoms with Crippen LogP contribution in [0.15, 0.2) is 36.4 Å². The molecule has 104 valence electrons. The first kappa shape index (κ1) is 13.7. The Balaban J connectivity index is 1.99. The summed E-state index contributed by atoms with van der Waals surface area (Å²) in [6, 6.07) is 9.90. The second kappa shape index (κ2) is 5.24. The molecule has 20 heavy (non-hydrogen) atoms. The van der Waals surface area contributed by atoms with Gasteiger partial charge in [0.2, 0.25) is 0 Å². The normalized spacial score (nSPS) is 21.2. The second-order valence-corrected chi connectivity index (χ2v) is 5.62. The first-order valence-corrected chi connectivity index (χ1v) is 6.97. The Morgan fingerprint density at radius 3 is 2.75 bits per heavy atom. The number of fused-ring (bicyclic) bond motifs is 1. The van der Waals surface area contributed by atoms with E-state index in [2.05, 4.69) is 0 Å². The fraction of sp³-hybridized carbons (Fsp3) is 0.200. The zero-order chi connectivity index (χ0) is 14.3. The van der Waals surface area contributed by atoms with Gasteiger partial charge in [-0.15, -0.1) is 0 Å². The zero-order valence-corrected chi connectivity index (χ0v) is 12.0. The molecule has 2 atom stereocenters. The Kier molecular flexibility index (Phi) is 3.59. The molecule has 0 bridgehead atoms. The fourth-order valence-corrected chi connectivity index (χ4v) is 2.80. The molecule has 5 heteroatoms. The maximum absolute atomic E-state index is 14.1. The minimum absolute atomic E-state index is 0.0848. The molecule has 0 aromatic heterocycles. The van der Waals surface area contributed by atoms with E-state index in [1.807, 2.05) is 0 Å². The molecule has 1 heterocycles. The van der Waals surface area contributed by atoms with E-state index in [4.69, 9.17) is 33.7 Å². The predicted molar refractivity (Wildman–Crippen MR) is 77.8 cm³/mol. The lowest BCUT2D eigenvalue weighted by Gasteiger charge is -2.31. The maximum atomic E-state index is 14.1. The van der Waals surface area contributed by atoms with Crippen molar-refractivity contribution in [3.8, 4) is 5.75 Å². The third-order valence-corrected chi connectivity index (χ3v) is 3.96. The topological polar surface area (TPSA) is 35.2 Å². The number of nitrogens with two attached hydrogens (primary N) is 1. The number of benzene rings is 2. The highest BCUT2D eigenvalue weighted by molar-refractivity contribution is 6.31. The molecule has 1 unspecified atom stereocenters. The van der Waals surface area contributed by atoms with Gasteiger partial charge in [-0.1, -0.05) is 35.3 Å². The first-order chi connectivity index (χ1) is 9.56. The quantitative estimate of drug-likeness (QED) is 0.831. The van der Waals surface area contributed by atoms with Gasteiger partial charge in [0, 0.05) is 28.6 Å². The van der Waals surface area contributed by atoms with Gasteiger partial charge in [0.15, 0.2) is 0 Å². The molecule has 0 spiro atoms. The Hall–Kier alpha value is -1.29. The maximum Gasteiger partial charge on any atom is 0.148 e. The van der Waals surface area contributed by atoms with Crippen LogP contribution in [0.2, 0.25) is 10.0 Å². The highest BCUT2D eigenvalue weighted by atomic mass is 35.5. The molecule has 0 saturated carbocycles. The van der Waals surface area contributed by atoms with Gasteiger partial charge < -0.3 is 10.5 Å². The van der Waals surface area contributed by atoms with E-state index in [9.17, 15) is 4.39 Å².